The number of aromatic amines is 1. The molecule has 0 fully saturated rings. The predicted octanol–water partition coefficient (Wildman–Crippen LogP) is 2.46. The van der Waals surface area contributed by atoms with Gasteiger partial charge >= 0.3 is 0 Å². The van der Waals surface area contributed by atoms with E-state index in [4.69, 9.17) is 0 Å². The molecule has 0 atom stereocenters. The Labute approximate surface area is 86.9 Å². The molecule has 0 aliphatic carbocycles. The summed E-state index contributed by atoms with van der Waals surface area (Å²) >= 11 is 4.80. The molecule has 3 nitrogen and oxygen atoms in total. The van der Waals surface area contributed by atoms with E-state index in [0.29, 0.717) is 11.1 Å². The molecule has 1 N–H and O–H groups in total. The molecule has 0 spiro atoms. The Bertz CT molecular complexity index is 421. The third-order valence-electron chi connectivity index (χ3n) is 1.62. The monoisotopic (exact) mass is 256 g/mol. The lowest BCUT2D eigenvalue weighted by Crippen LogP contribution is -1.97. The van der Waals surface area contributed by atoms with Crippen molar-refractivity contribution in [3.8, 4) is 0 Å². The minimum Gasteiger partial charge on any atom is -0.288 e. The van der Waals surface area contributed by atoms with Crippen LogP contribution in [0.2, 0.25) is 0 Å². The van der Waals surface area contributed by atoms with Gasteiger partial charge in [-0.3, -0.25) is 9.89 Å². The zero-order valence-corrected chi connectivity index (χ0v) is 8.85. The lowest BCUT2D eigenvalue weighted by Gasteiger charge is -1.93. The molecule has 5 heteroatoms. The molecule has 0 saturated carbocycles. The molecule has 2 heterocycles. The standard InChI is InChI=1S/C8H5BrN2OS/c9-7-4-13-3-6(7)8(12)5-1-10-11-2-5/h1-4H,(H,10,11). The van der Waals surface area contributed by atoms with Gasteiger partial charge in [-0.15, -0.1) is 0 Å². The molecule has 0 unspecified atom stereocenters. The molecule has 0 aromatic carbocycles. The van der Waals surface area contributed by atoms with Crippen LogP contribution in [-0.2, 0) is 0 Å². The molecule has 13 heavy (non-hydrogen) atoms. The van der Waals surface area contributed by atoms with Crippen molar-refractivity contribution in [1.82, 2.24) is 10.2 Å². The molecule has 2 aromatic heterocycles. The van der Waals surface area contributed by atoms with E-state index in [1.54, 1.807) is 6.20 Å². The minimum atomic E-state index is -0.0122. The summed E-state index contributed by atoms with van der Waals surface area (Å²) in [6.45, 7) is 0. The molecule has 0 saturated heterocycles. The fourth-order valence-corrected chi connectivity index (χ4v) is 2.43. The van der Waals surface area contributed by atoms with Crippen molar-refractivity contribution in [2.24, 2.45) is 0 Å². The van der Waals surface area contributed by atoms with Crippen LogP contribution in [0.4, 0.5) is 0 Å². The fourth-order valence-electron chi connectivity index (χ4n) is 0.974. The average Bonchev–Trinajstić information content (AvgIpc) is 2.72. The van der Waals surface area contributed by atoms with Crippen molar-refractivity contribution in [3.63, 3.8) is 0 Å². The number of carbonyl (C=O) groups is 1. The van der Waals surface area contributed by atoms with Gasteiger partial charge in [-0.2, -0.15) is 16.4 Å². The van der Waals surface area contributed by atoms with Crippen LogP contribution in [0.15, 0.2) is 27.6 Å². The number of hydrogen-bond donors (Lipinski definition) is 1. The highest BCUT2D eigenvalue weighted by molar-refractivity contribution is 9.10. The highest BCUT2D eigenvalue weighted by atomic mass is 79.9. The first-order chi connectivity index (χ1) is 6.29. The molecule has 0 bridgehead atoms. The summed E-state index contributed by atoms with van der Waals surface area (Å²) in [5.74, 6) is -0.0122. The van der Waals surface area contributed by atoms with Crippen molar-refractivity contribution >= 4 is 33.0 Å². The average molecular weight is 257 g/mol. The highest BCUT2D eigenvalue weighted by Crippen LogP contribution is 2.23. The Kier molecular flexibility index (Phi) is 2.28. The van der Waals surface area contributed by atoms with E-state index >= 15 is 0 Å². The fraction of sp³-hybridized carbons (Fsp3) is 0. The van der Waals surface area contributed by atoms with Crippen LogP contribution in [0.5, 0.6) is 0 Å². The number of ketones is 1. The van der Waals surface area contributed by atoms with E-state index in [1.807, 2.05) is 10.8 Å². The van der Waals surface area contributed by atoms with Crippen LogP contribution < -0.4 is 0 Å². The van der Waals surface area contributed by atoms with Gasteiger partial charge in [-0.25, -0.2) is 0 Å². The van der Waals surface area contributed by atoms with Gasteiger partial charge in [0.25, 0.3) is 0 Å². The van der Waals surface area contributed by atoms with Gasteiger partial charge in [0.05, 0.1) is 11.8 Å². The zero-order chi connectivity index (χ0) is 9.26. The number of aromatic nitrogens is 2. The summed E-state index contributed by atoms with van der Waals surface area (Å²) < 4.78 is 0.837. The quantitative estimate of drug-likeness (QED) is 0.840. The van der Waals surface area contributed by atoms with Crippen LogP contribution in [0, 0.1) is 0 Å². The first-order valence-electron chi connectivity index (χ1n) is 3.54. The summed E-state index contributed by atoms with van der Waals surface area (Å²) in [6.07, 6.45) is 3.11. The van der Waals surface area contributed by atoms with E-state index in [1.165, 1.54) is 17.5 Å². The van der Waals surface area contributed by atoms with Gasteiger partial charge in [-0.1, -0.05) is 0 Å². The van der Waals surface area contributed by atoms with Gasteiger partial charge in [0.2, 0.25) is 0 Å². The predicted molar refractivity (Wildman–Crippen MR) is 54.0 cm³/mol. The number of rotatable bonds is 2. The lowest BCUT2D eigenvalue weighted by atomic mass is 10.1. The Morgan fingerprint density at radius 1 is 1.54 bits per heavy atom. The first kappa shape index (κ1) is 8.65. The largest absolute Gasteiger partial charge is 0.288 e. The summed E-state index contributed by atoms with van der Waals surface area (Å²) in [4.78, 5) is 11.7. The highest BCUT2D eigenvalue weighted by Gasteiger charge is 2.13. The second-order valence-electron chi connectivity index (χ2n) is 2.45. The van der Waals surface area contributed by atoms with Crippen molar-refractivity contribution in [3.05, 3.63) is 38.8 Å². The van der Waals surface area contributed by atoms with Gasteiger partial charge in [0.15, 0.2) is 5.78 Å². The third kappa shape index (κ3) is 1.57. The van der Waals surface area contributed by atoms with Gasteiger partial charge in [0.1, 0.15) is 0 Å². The molecule has 66 valence electrons. The smallest absolute Gasteiger partial charge is 0.198 e. The lowest BCUT2D eigenvalue weighted by molar-refractivity contribution is 0.103. The van der Waals surface area contributed by atoms with Crippen LogP contribution in [0.3, 0.4) is 0 Å². The second-order valence-corrected chi connectivity index (χ2v) is 4.05. The second kappa shape index (κ2) is 3.43. The van der Waals surface area contributed by atoms with Crippen LogP contribution in [0.1, 0.15) is 15.9 Å². The van der Waals surface area contributed by atoms with E-state index in [2.05, 4.69) is 26.1 Å². The van der Waals surface area contributed by atoms with Crippen molar-refractivity contribution in [1.29, 1.82) is 0 Å². The Balaban J connectivity index is 2.39. The normalized spacial score (nSPS) is 10.2. The molecular weight excluding hydrogens is 252 g/mol. The maximum Gasteiger partial charge on any atom is 0.198 e. The van der Waals surface area contributed by atoms with Gasteiger partial charge in [0, 0.05) is 27.0 Å². The maximum atomic E-state index is 11.7. The molecule has 2 rings (SSSR count). The van der Waals surface area contributed by atoms with Crippen molar-refractivity contribution in [2.45, 2.75) is 0 Å². The number of nitrogens with one attached hydrogen (secondary N) is 1. The summed E-state index contributed by atoms with van der Waals surface area (Å²) in [6, 6.07) is 0. The number of carbonyl (C=O) groups excluding carboxylic acids is 1. The maximum absolute atomic E-state index is 11.7. The van der Waals surface area contributed by atoms with Gasteiger partial charge in [-0.05, 0) is 15.9 Å². The molecule has 0 amide bonds. The summed E-state index contributed by atoms with van der Waals surface area (Å²) in [7, 11) is 0. The summed E-state index contributed by atoms with van der Waals surface area (Å²) in [5.41, 5.74) is 1.27. The topological polar surface area (TPSA) is 45.8 Å². The Morgan fingerprint density at radius 2 is 2.38 bits per heavy atom. The third-order valence-corrected chi connectivity index (χ3v) is 3.32. The van der Waals surface area contributed by atoms with E-state index < -0.39 is 0 Å². The van der Waals surface area contributed by atoms with Crippen LogP contribution >= 0.6 is 27.3 Å². The number of halogens is 1. The van der Waals surface area contributed by atoms with Crippen molar-refractivity contribution in [2.75, 3.05) is 0 Å². The first-order valence-corrected chi connectivity index (χ1v) is 5.28. The van der Waals surface area contributed by atoms with Crippen LogP contribution in [-0.4, -0.2) is 16.0 Å². The molecule has 0 radical (unpaired) electrons. The minimum absolute atomic E-state index is 0.0122. The molecule has 0 aliphatic heterocycles. The summed E-state index contributed by atoms with van der Waals surface area (Å²) in [5, 5.41) is 10.0. The number of hydrogen-bond acceptors (Lipinski definition) is 3. The van der Waals surface area contributed by atoms with Crippen LogP contribution in [0.25, 0.3) is 0 Å². The number of thiophene rings is 1. The molecule has 2 aromatic rings. The Morgan fingerprint density at radius 3 is 2.92 bits per heavy atom. The SMILES string of the molecule is O=C(c1cn[nH]c1)c1cscc1Br. The van der Waals surface area contributed by atoms with Crippen molar-refractivity contribution < 1.29 is 4.79 Å². The van der Waals surface area contributed by atoms with E-state index in [0.717, 1.165) is 4.47 Å². The molecular formula is C8H5BrN2OS. The number of H-pyrrole nitrogens is 1. The number of nitrogens with zero attached hydrogens (tertiary/aromatic N) is 1. The molecule has 0 aliphatic rings. The van der Waals surface area contributed by atoms with E-state index in [-0.39, 0.29) is 5.78 Å². The zero-order valence-electron chi connectivity index (χ0n) is 6.45. The van der Waals surface area contributed by atoms with E-state index in [9.17, 15) is 4.79 Å². The van der Waals surface area contributed by atoms with Gasteiger partial charge < -0.3 is 0 Å². The Hall–Kier alpha value is -0.940.